The smallest absolute Gasteiger partial charge is 0.297 e. The number of hydrogen-bond donors (Lipinski definition) is 0. The maximum atomic E-state index is 11.9. The monoisotopic (exact) mass is 354 g/mol. The fraction of sp³-hybridized carbons (Fsp3) is 0.294. The van der Waals surface area contributed by atoms with Gasteiger partial charge in [-0.05, 0) is 43.2 Å². The Hall–Kier alpha value is -1.40. The first-order valence-electron chi connectivity index (χ1n) is 7.26. The summed E-state index contributed by atoms with van der Waals surface area (Å²) in [6.45, 7) is 2.58. The Morgan fingerprint density at radius 1 is 1.00 bits per heavy atom. The highest BCUT2D eigenvalue weighted by molar-refractivity contribution is 7.86. The molecule has 4 nitrogen and oxygen atoms in total. The number of benzene rings is 2. The van der Waals surface area contributed by atoms with Crippen LogP contribution in [-0.2, 0) is 25.5 Å². The van der Waals surface area contributed by atoms with E-state index >= 15 is 0 Å². The third-order valence-corrected chi connectivity index (χ3v) is 4.76. The lowest BCUT2D eigenvalue weighted by Crippen LogP contribution is -2.12. The highest BCUT2D eigenvalue weighted by Crippen LogP contribution is 2.13. The molecule has 6 heteroatoms. The molecule has 124 valence electrons. The van der Waals surface area contributed by atoms with E-state index in [4.69, 9.17) is 20.5 Å². The highest BCUT2D eigenvalue weighted by atomic mass is 35.5. The zero-order valence-electron chi connectivity index (χ0n) is 12.9. The van der Waals surface area contributed by atoms with Gasteiger partial charge in [0.2, 0.25) is 0 Å². The van der Waals surface area contributed by atoms with E-state index in [-0.39, 0.29) is 18.1 Å². The summed E-state index contributed by atoms with van der Waals surface area (Å²) in [6.07, 6.45) is 0.714. The fourth-order valence-electron chi connectivity index (χ4n) is 1.96. The standard InChI is InChI=1S/C17H19ClO4S/c1-14-5-7-17(8-6-14)23(19,20)22-12-11-21-10-9-15-3-2-4-16(18)13-15/h2-8,13H,9-12H2,1H3. The zero-order chi connectivity index (χ0) is 16.7. The number of ether oxygens (including phenoxy) is 1. The average molecular weight is 355 g/mol. The van der Waals surface area contributed by atoms with Crippen LogP contribution in [0.15, 0.2) is 53.4 Å². The fourth-order valence-corrected chi connectivity index (χ4v) is 3.07. The van der Waals surface area contributed by atoms with Crippen molar-refractivity contribution in [3.8, 4) is 0 Å². The van der Waals surface area contributed by atoms with Crippen LogP contribution in [0.25, 0.3) is 0 Å². The normalized spacial score (nSPS) is 11.6. The van der Waals surface area contributed by atoms with E-state index in [1.165, 1.54) is 12.1 Å². The number of hydrogen-bond acceptors (Lipinski definition) is 4. The van der Waals surface area contributed by atoms with Gasteiger partial charge in [-0.3, -0.25) is 4.18 Å². The highest BCUT2D eigenvalue weighted by Gasteiger charge is 2.14. The van der Waals surface area contributed by atoms with Crippen molar-refractivity contribution in [2.24, 2.45) is 0 Å². The number of halogens is 1. The Kier molecular flexibility index (Phi) is 6.59. The van der Waals surface area contributed by atoms with Gasteiger partial charge in [-0.1, -0.05) is 41.4 Å². The molecule has 0 saturated heterocycles. The average Bonchev–Trinajstić information content (AvgIpc) is 2.51. The molecule has 2 aromatic rings. The second kappa shape index (κ2) is 8.45. The topological polar surface area (TPSA) is 52.6 Å². The molecule has 0 aliphatic rings. The minimum atomic E-state index is -3.72. The molecule has 0 fully saturated rings. The van der Waals surface area contributed by atoms with Crippen LogP contribution >= 0.6 is 11.6 Å². The molecule has 0 heterocycles. The molecule has 0 amide bonds. The predicted molar refractivity (Wildman–Crippen MR) is 90.3 cm³/mol. The molecule has 0 radical (unpaired) electrons. The zero-order valence-corrected chi connectivity index (χ0v) is 14.4. The minimum absolute atomic E-state index is 0.00818. The summed E-state index contributed by atoms with van der Waals surface area (Å²) < 4.78 is 34.2. The quantitative estimate of drug-likeness (QED) is 0.536. The lowest BCUT2D eigenvalue weighted by molar-refractivity contribution is 0.104. The van der Waals surface area contributed by atoms with Crippen molar-refractivity contribution in [1.82, 2.24) is 0 Å². The summed E-state index contributed by atoms with van der Waals surface area (Å²) in [5, 5.41) is 0.690. The molecule has 0 spiro atoms. The SMILES string of the molecule is Cc1ccc(S(=O)(=O)OCCOCCc2cccc(Cl)c2)cc1. The van der Waals surface area contributed by atoms with Crippen LogP contribution < -0.4 is 0 Å². The number of rotatable bonds is 8. The predicted octanol–water partition coefficient (Wildman–Crippen LogP) is 3.61. The Bertz CT molecular complexity index is 727. The molecule has 0 atom stereocenters. The molecular formula is C17H19ClO4S. The van der Waals surface area contributed by atoms with Crippen molar-refractivity contribution in [3.63, 3.8) is 0 Å². The van der Waals surface area contributed by atoms with Gasteiger partial charge >= 0.3 is 0 Å². The van der Waals surface area contributed by atoms with Gasteiger partial charge in [0.15, 0.2) is 0 Å². The third-order valence-electron chi connectivity index (χ3n) is 3.20. The van der Waals surface area contributed by atoms with Crippen molar-refractivity contribution < 1.29 is 17.3 Å². The van der Waals surface area contributed by atoms with Crippen LogP contribution in [0.4, 0.5) is 0 Å². The van der Waals surface area contributed by atoms with Crippen molar-refractivity contribution in [3.05, 3.63) is 64.7 Å². The van der Waals surface area contributed by atoms with Crippen LogP contribution in [0.2, 0.25) is 5.02 Å². The van der Waals surface area contributed by atoms with E-state index in [9.17, 15) is 8.42 Å². The van der Waals surface area contributed by atoms with E-state index < -0.39 is 10.1 Å². The summed E-state index contributed by atoms with van der Waals surface area (Å²) in [4.78, 5) is 0.155. The molecule has 0 aliphatic heterocycles. The molecule has 0 N–H and O–H groups in total. The maximum Gasteiger partial charge on any atom is 0.297 e. The molecule has 0 saturated carbocycles. The molecule has 0 unspecified atom stereocenters. The van der Waals surface area contributed by atoms with Gasteiger partial charge in [-0.15, -0.1) is 0 Å². The molecule has 2 rings (SSSR count). The molecule has 23 heavy (non-hydrogen) atoms. The van der Waals surface area contributed by atoms with Crippen molar-refractivity contribution in [1.29, 1.82) is 0 Å². The van der Waals surface area contributed by atoms with E-state index in [2.05, 4.69) is 0 Å². The van der Waals surface area contributed by atoms with Gasteiger partial charge in [0.1, 0.15) is 0 Å². The maximum absolute atomic E-state index is 11.9. The minimum Gasteiger partial charge on any atom is -0.379 e. The Balaban J connectivity index is 1.69. The lowest BCUT2D eigenvalue weighted by atomic mass is 10.2. The van der Waals surface area contributed by atoms with Crippen molar-refractivity contribution >= 4 is 21.7 Å². The lowest BCUT2D eigenvalue weighted by Gasteiger charge is -2.07. The summed E-state index contributed by atoms with van der Waals surface area (Å²) in [6, 6.07) is 14.1. The van der Waals surface area contributed by atoms with Crippen LogP contribution in [0, 0.1) is 6.92 Å². The van der Waals surface area contributed by atoms with Gasteiger partial charge in [-0.2, -0.15) is 8.42 Å². The molecule has 0 aromatic heterocycles. The second-order valence-corrected chi connectivity index (χ2v) is 7.13. The summed E-state index contributed by atoms with van der Waals surface area (Å²) in [5.74, 6) is 0. The molecule has 0 aliphatic carbocycles. The Morgan fingerprint density at radius 3 is 2.43 bits per heavy atom. The first kappa shape index (κ1) is 17.9. The van der Waals surface area contributed by atoms with Crippen molar-refractivity contribution in [2.75, 3.05) is 19.8 Å². The largest absolute Gasteiger partial charge is 0.379 e. The Morgan fingerprint density at radius 2 is 1.74 bits per heavy atom. The van der Waals surface area contributed by atoms with Crippen LogP contribution in [0.5, 0.6) is 0 Å². The molecule has 0 bridgehead atoms. The van der Waals surface area contributed by atoms with Crippen LogP contribution in [0.3, 0.4) is 0 Å². The van der Waals surface area contributed by atoms with Crippen LogP contribution in [0.1, 0.15) is 11.1 Å². The molecular weight excluding hydrogens is 336 g/mol. The third kappa shape index (κ3) is 5.95. The molecule has 2 aromatic carbocycles. The van der Waals surface area contributed by atoms with E-state index in [1.807, 2.05) is 31.2 Å². The first-order valence-corrected chi connectivity index (χ1v) is 9.04. The van der Waals surface area contributed by atoms with Gasteiger partial charge in [0.25, 0.3) is 10.1 Å². The van der Waals surface area contributed by atoms with E-state index in [1.54, 1.807) is 12.1 Å². The van der Waals surface area contributed by atoms with Gasteiger partial charge < -0.3 is 4.74 Å². The number of aryl methyl sites for hydroxylation is 1. The van der Waals surface area contributed by atoms with E-state index in [0.29, 0.717) is 18.1 Å². The second-order valence-electron chi connectivity index (χ2n) is 5.08. The Labute approximate surface area is 142 Å². The summed E-state index contributed by atoms with van der Waals surface area (Å²) >= 11 is 5.90. The van der Waals surface area contributed by atoms with Gasteiger partial charge in [-0.25, -0.2) is 0 Å². The van der Waals surface area contributed by atoms with Gasteiger partial charge in [0, 0.05) is 5.02 Å². The summed E-state index contributed by atoms with van der Waals surface area (Å²) in [5.41, 5.74) is 2.07. The van der Waals surface area contributed by atoms with Gasteiger partial charge in [0.05, 0.1) is 24.7 Å². The summed E-state index contributed by atoms with van der Waals surface area (Å²) in [7, 11) is -3.72. The first-order chi connectivity index (χ1) is 11.0. The van der Waals surface area contributed by atoms with E-state index in [0.717, 1.165) is 11.1 Å². The van der Waals surface area contributed by atoms with Crippen molar-refractivity contribution in [2.45, 2.75) is 18.2 Å². The van der Waals surface area contributed by atoms with Crippen LogP contribution in [-0.4, -0.2) is 28.2 Å².